The van der Waals surface area contributed by atoms with Gasteiger partial charge in [0.05, 0.1) is 12.7 Å². The molecule has 0 saturated carbocycles. The van der Waals surface area contributed by atoms with Gasteiger partial charge in [0, 0.05) is 44.8 Å². The number of nitrogens with one attached hydrogen (secondary N) is 1. The van der Waals surface area contributed by atoms with Crippen molar-refractivity contribution >= 4 is 0 Å². The van der Waals surface area contributed by atoms with E-state index in [1.807, 2.05) is 0 Å². The Balaban J connectivity index is 1.82. The van der Waals surface area contributed by atoms with Gasteiger partial charge in [0.15, 0.2) is 0 Å². The molecule has 2 aliphatic heterocycles. The van der Waals surface area contributed by atoms with E-state index in [9.17, 15) is 0 Å². The first-order valence-electron chi connectivity index (χ1n) is 6.89. The maximum absolute atomic E-state index is 5.85. The smallest absolute Gasteiger partial charge is 0.0829 e. The fourth-order valence-electron chi connectivity index (χ4n) is 2.80. The van der Waals surface area contributed by atoms with Crippen LogP contribution in [0.1, 0.15) is 20.3 Å². The molecule has 0 aromatic rings. The zero-order valence-electron chi connectivity index (χ0n) is 11.5. The van der Waals surface area contributed by atoms with Crippen LogP contribution in [0.15, 0.2) is 0 Å². The third-order valence-corrected chi connectivity index (χ3v) is 4.14. The van der Waals surface area contributed by atoms with E-state index < -0.39 is 0 Å². The van der Waals surface area contributed by atoms with Crippen LogP contribution >= 0.6 is 0 Å². The van der Waals surface area contributed by atoms with Gasteiger partial charge in [-0.15, -0.1) is 0 Å². The molecule has 0 aliphatic carbocycles. The van der Waals surface area contributed by atoms with Crippen molar-refractivity contribution < 1.29 is 4.74 Å². The molecule has 0 amide bonds. The van der Waals surface area contributed by atoms with Crippen molar-refractivity contribution in [2.24, 2.45) is 0 Å². The van der Waals surface area contributed by atoms with Crippen LogP contribution in [-0.4, -0.2) is 74.4 Å². The van der Waals surface area contributed by atoms with Crippen LogP contribution in [0.25, 0.3) is 0 Å². The van der Waals surface area contributed by atoms with E-state index in [0.29, 0.717) is 11.6 Å². The summed E-state index contributed by atoms with van der Waals surface area (Å²) in [6.45, 7) is 12.1. The van der Waals surface area contributed by atoms with Crippen molar-refractivity contribution in [3.05, 3.63) is 0 Å². The van der Waals surface area contributed by atoms with Gasteiger partial charge in [-0.3, -0.25) is 4.90 Å². The molecule has 2 aliphatic rings. The summed E-state index contributed by atoms with van der Waals surface area (Å²) >= 11 is 0. The Hall–Kier alpha value is -0.160. The normalized spacial score (nSPS) is 37.2. The second kappa shape index (κ2) is 5.65. The van der Waals surface area contributed by atoms with Crippen LogP contribution in [0.4, 0.5) is 0 Å². The molecule has 2 heterocycles. The molecule has 4 nitrogen and oxygen atoms in total. The number of hydrogen-bond acceptors (Lipinski definition) is 4. The lowest BCUT2D eigenvalue weighted by Crippen LogP contribution is -2.60. The summed E-state index contributed by atoms with van der Waals surface area (Å²) in [6.07, 6.45) is 1.59. The number of rotatable bonds is 3. The molecule has 100 valence electrons. The largest absolute Gasteiger partial charge is 0.374 e. The quantitative estimate of drug-likeness (QED) is 0.774. The van der Waals surface area contributed by atoms with Gasteiger partial charge in [0.1, 0.15) is 0 Å². The maximum Gasteiger partial charge on any atom is 0.0829 e. The molecular formula is C13H27N3O. The van der Waals surface area contributed by atoms with E-state index in [1.165, 1.54) is 6.42 Å². The Morgan fingerprint density at radius 2 is 2.24 bits per heavy atom. The average molecular weight is 241 g/mol. The number of nitrogens with zero attached hydrogens (tertiary/aromatic N) is 2. The summed E-state index contributed by atoms with van der Waals surface area (Å²) in [5.41, 5.74) is 0.290. The van der Waals surface area contributed by atoms with E-state index in [1.54, 1.807) is 0 Å². The summed E-state index contributed by atoms with van der Waals surface area (Å²) in [7, 11) is 2.18. The Morgan fingerprint density at radius 1 is 1.41 bits per heavy atom. The van der Waals surface area contributed by atoms with E-state index >= 15 is 0 Å². The minimum absolute atomic E-state index is 0.290. The molecule has 2 unspecified atom stereocenters. The molecule has 2 saturated heterocycles. The molecule has 17 heavy (non-hydrogen) atoms. The van der Waals surface area contributed by atoms with Gasteiger partial charge in [-0.2, -0.15) is 0 Å². The summed E-state index contributed by atoms with van der Waals surface area (Å²) in [5.74, 6) is 0. The van der Waals surface area contributed by atoms with Crippen molar-refractivity contribution in [2.75, 3.05) is 52.9 Å². The molecular weight excluding hydrogens is 214 g/mol. The minimum atomic E-state index is 0.290. The Kier molecular flexibility index (Phi) is 4.42. The highest BCUT2D eigenvalue weighted by atomic mass is 16.5. The van der Waals surface area contributed by atoms with Crippen molar-refractivity contribution in [3.8, 4) is 0 Å². The maximum atomic E-state index is 5.85. The van der Waals surface area contributed by atoms with Crippen LogP contribution in [0, 0.1) is 0 Å². The number of hydrogen-bond donors (Lipinski definition) is 1. The van der Waals surface area contributed by atoms with Gasteiger partial charge in [-0.25, -0.2) is 0 Å². The molecule has 2 rings (SSSR count). The summed E-state index contributed by atoms with van der Waals surface area (Å²) < 4.78 is 5.85. The summed E-state index contributed by atoms with van der Waals surface area (Å²) in [6, 6.07) is 0. The topological polar surface area (TPSA) is 27.7 Å². The van der Waals surface area contributed by atoms with Crippen LogP contribution < -0.4 is 5.32 Å². The van der Waals surface area contributed by atoms with Crippen molar-refractivity contribution in [2.45, 2.75) is 31.9 Å². The predicted octanol–water partition coefficient (Wildman–Crippen LogP) is 0.391. The summed E-state index contributed by atoms with van der Waals surface area (Å²) in [4.78, 5) is 4.93. The highest BCUT2D eigenvalue weighted by molar-refractivity contribution is 4.90. The van der Waals surface area contributed by atoms with Crippen molar-refractivity contribution in [1.29, 1.82) is 0 Å². The Bertz CT molecular complexity index is 249. The fraction of sp³-hybridized carbons (Fsp3) is 1.00. The zero-order valence-corrected chi connectivity index (χ0v) is 11.5. The van der Waals surface area contributed by atoms with Crippen LogP contribution in [-0.2, 0) is 4.74 Å². The lowest BCUT2D eigenvalue weighted by molar-refractivity contribution is -0.0419. The Labute approximate surface area is 105 Å². The molecule has 2 atom stereocenters. The second-order valence-electron chi connectivity index (χ2n) is 5.83. The molecule has 2 fully saturated rings. The van der Waals surface area contributed by atoms with E-state index in [4.69, 9.17) is 4.74 Å². The number of morpholine rings is 1. The van der Waals surface area contributed by atoms with Gasteiger partial charge < -0.3 is 15.0 Å². The summed E-state index contributed by atoms with van der Waals surface area (Å²) in [5, 5.41) is 3.63. The molecule has 0 radical (unpaired) electrons. The minimum Gasteiger partial charge on any atom is -0.374 e. The standard InChI is InChI=1S/C13H27N3O/c1-4-13(2)11-16(6-5-14-13)10-12-9-15(3)7-8-17-12/h12,14H,4-11H2,1-3H3. The van der Waals surface area contributed by atoms with Crippen LogP contribution in [0.2, 0.25) is 0 Å². The van der Waals surface area contributed by atoms with Gasteiger partial charge in [0.25, 0.3) is 0 Å². The van der Waals surface area contributed by atoms with Gasteiger partial charge in [-0.05, 0) is 20.4 Å². The van der Waals surface area contributed by atoms with Gasteiger partial charge in [0.2, 0.25) is 0 Å². The highest BCUT2D eigenvalue weighted by Crippen LogP contribution is 2.16. The number of piperazine rings is 1. The lowest BCUT2D eigenvalue weighted by Gasteiger charge is -2.43. The first-order chi connectivity index (χ1) is 8.11. The predicted molar refractivity (Wildman–Crippen MR) is 70.4 cm³/mol. The third kappa shape index (κ3) is 3.65. The number of ether oxygens (including phenoxy) is 1. The molecule has 0 spiro atoms. The highest BCUT2D eigenvalue weighted by Gasteiger charge is 2.30. The van der Waals surface area contributed by atoms with E-state index in [0.717, 1.165) is 45.9 Å². The monoisotopic (exact) mass is 241 g/mol. The fourth-order valence-corrected chi connectivity index (χ4v) is 2.80. The molecule has 0 aromatic heterocycles. The van der Waals surface area contributed by atoms with E-state index in [-0.39, 0.29) is 0 Å². The molecule has 1 N–H and O–H groups in total. The number of likely N-dealkylation sites (N-methyl/N-ethyl adjacent to an activating group) is 1. The average Bonchev–Trinajstić information content (AvgIpc) is 2.29. The van der Waals surface area contributed by atoms with Gasteiger partial charge >= 0.3 is 0 Å². The van der Waals surface area contributed by atoms with Crippen LogP contribution in [0.3, 0.4) is 0 Å². The third-order valence-electron chi connectivity index (χ3n) is 4.14. The zero-order chi connectivity index (χ0) is 12.3. The molecule has 0 aromatic carbocycles. The molecule has 0 bridgehead atoms. The van der Waals surface area contributed by atoms with Crippen molar-refractivity contribution in [1.82, 2.24) is 15.1 Å². The van der Waals surface area contributed by atoms with Crippen LogP contribution in [0.5, 0.6) is 0 Å². The van der Waals surface area contributed by atoms with E-state index in [2.05, 4.69) is 36.0 Å². The second-order valence-corrected chi connectivity index (χ2v) is 5.83. The van der Waals surface area contributed by atoms with Crippen molar-refractivity contribution in [3.63, 3.8) is 0 Å². The first kappa shape index (κ1) is 13.3. The SMILES string of the molecule is CCC1(C)CN(CC2CN(C)CCO2)CCN1. The Morgan fingerprint density at radius 3 is 2.94 bits per heavy atom. The lowest BCUT2D eigenvalue weighted by atomic mass is 9.95. The first-order valence-corrected chi connectivity index (χ1v) is 6.89. The van der Waals surface area contributed by atoms with Gasteiger partial charge in [-0.1, -0.05) is 6.92 Å². The molecule has 4 heteroatoms.